The van der Waals surface area contributed by atoms with Gasteiger partial charge in [0.05, 0.1) is 13.8 Å². The molecule has 0 unspecified atom stereocenters. The van der Waals surface area contributed by atoms with Crippen molar-refractivity contribution < 1.29 is 4.74 Å². The number of ether oxygens (including phenoxy) is 1. The maximum Gasteiger partial charge on any atom is 0.119 e. The van der Waals surface area contributed by atoms with Gasteiger partial charge in [-0.2, -0.15) is 0 Å². The van der Waals surface area contributed by atoms with E-state index in [0.29, 0.717) is 0 Å². The lowest BCUT2D eigenvalue weighted by atomic mass is 10.3. The van der Waals surface area contributed by atoms with Crippen LogP contribution < -0.4 is 9.64 Å². The molecule has 1 aliphatic heterocycles. The highest BCUT2D eigenvalue weighted by Crippen LogP contribution is 2.22. The van der Waals surface area contributed by atoms with Crippen molar-refractivity contribution in [1.29, 1.82) is 0 Å². The summed E-state index contributed by atoms with van der Waals surface area (Å²) in [6.07, 6.45) is 5.45. The van der Waals surface area contributed by atoms with Gasteiger partial charge in [0.1, 0.15) is 5.75 Å². The first-order valence-electron chi connectivity index (χ1n) is 5.66. The molecule has 2 rings (SSSR count). The van der Waals surface area contributed by atoms with Gasteiger partial charge in [-0.15, -0.1) is 17.0 Å². The smallest absolute Gasteiger partial charge is 0.119 e. The van der Waals surface area contributed by atoms with E-state index >= 15 is 0 Å². The number of anilines is 1. The fourth-order valence-electron chi connectivity index (χ4n) is 1.84. The number of hydrogen-bond acceptors (Lipinski definition) is 3. The van der Waals surface area contributed by atoms with Gasteiger partial charge >= 0.3 is 0 Å². The number of rotatable bonds is 4. The Morgan fingerprint density at radius 3 is 2.47 bits per heavy atom. The van der Waals surface area contributed by atoms with Crippen LogP contribution in [0.2, 0.25) is 0 Å². The van der Waals surface area contributed by atoms with Crippen molar-refractivity contribution in [2.24, 2.45) is 0 Å². The highest BCUT2D eigenvalue weighted by atomic mass is 79.9. The van der Waals surface area contributed by atoms with E-state index in [1.54, 1.807) is 7.11 Å². The molecule has 0 N–H and O–H groups in total. The van der Waals surface area contributed by atoms with Crippen LogP contribution in [-0.2, 0) is 0 Å². The molecule has 0 aliphatic carbocycles. The zero-order chi connectivity index (χ0) is 11.4. The van der Waals surface area contributed by atoms with Crippen LogP contribution >= 0.6 is 17.0 Å². The Hall–Kier alpha value is -1.16. The summed E-state index contributed by atoms with van der Waals surface area (Å²) >= 11 is 0. The first-order chi connectivity index (χ1) is 7.83. The molecule has 0 radical (unpaired) electrons. The van der Waals surface area contributed by atoms with Crippen molar-refractivity contribution in [3.63, 3.8) is 0 Å². The van der Waals surface area contributed by atoms with Gasteiger partial charge in [-0.3, -0.25) is 0 Å². The van der Waals surface area contributed by atoms with Gasteiger partial charge in [-0.1, -0.05) is 6.92 Å². The maximum absolute atomic E-state index is 5.14. The Kier molecular flexibility index (Phi) is 5.35. The van der Waals surface area contributed by atoms with Crippen molar-refractivity contribution in [3.05, 3.63) is 36.7 Å². The van der Waals surface area contributed by atoms with Crippen molar-refractivity contribution >= 4 is 22.7 Å². The Morgan fingerprint density at radius 1 is 1.18 bits per heavy atom. The summed E-state index contributed by atoms with van der Waals surface area (Å²) in [5.41, 5.74) is 1.20. The summed E-state index contributed by atoms with van der Waals surface area (Å²) in [6, 6.07) is 8.15. The van der Waals surface area contributed by atoms with E-state index < -0.39 is 0 Å². The zero-order valence-corrected chi connectivity index (χ0v) is 12.0. The average Bonchev–Trinajstić information content (AvgIpc) is 2.78. The van der Waals surface area contributed by atoms with Gasteiger partial charge in [-0.05, 0) is 30.7 Å². The third-order valence-electron chi connectivity index (χ3n) is 2.71. The second-order valence-corrected chi connectivity index (χ2v) is 3.92. The molecule has 1 aromatic rings. The molecule has 0 saturated heterocycles. The summed E-state index contributed by atoms with van der Waals surface area (Å²) in [6.45, 7) is 4.26. The van der Waals surface area contributed by atoms with E-state index in [9.17, 15) is 0 Å². The number of methoxy groups -OCH3 is 1. The van der Waals surface area contributed by atoms with Crippen molar-refractivity contribution in [1.82, 2.24) is 4.90 Å². The maximum atomic E-state index is 5.14. The summed E-state index contributed by atoms with van der Waals surface area (Å²) < 4.78 is 5.14. The Balaban J connectivity index is 0.00000144. The summed E-state index contributed by atoms with van der Waals surface area (Å²) in [7, 11) is 1.69. The predicted octanol–water partition coefficient (Wildman–Crippen LogP) is 3.23. The lowest BCUT2D eigenvalue weighted by molar-refractivity contribution is 0.405. The van der Waals surface area contributed by atoms with Gasteiger partial charge in [0, 0.05) is 24.6 Å². The molecule has 0 aromatic heterocycles. The number of benzene rings is 1. The molecule has 0 amide bonds. The number of halogens is 1. The molecule has 0 fully saturated rings. The van der Waals surface area contributed by atoms with Crippen molar-refractivity contribution in [2.45, 2.75) is 13.3 Å². The molecule has 0 spiro atoms. The second kappa shape index (κ2) is 6.55. The Morgan fingerprint density at radius 2 is 1.88 bits per heavy atom. The van der Waals surface area contributed by atoms with E-state index in [2.05, 4.69) is 41.3 Å². The van der Waals surface area contributed by atoms with Gasteiger partial charge < -0.3 is 14.5 Å². The molecule has 1 aliphatic rings. The van der Waals surface area contributed by atoms with E-state index in [1.807, 2.05) is 12.1 Å². The molecule has 94 valence electrons. The molecule has 0 bridgehead atoms. The number of nitrogens with zero attached hydrogens (tertiary/aromatic N) is 2. The monoisotopic (exact) mass is 298 g/mol. The molecular weight excluding hydrogens is 280 g/mol. The van der Waals surface area contributed by atoms with Crippen LogP contribution in [-0.4, -0.2) is 25.2 Å². The van der Waals surface area contributed by atoms with Crippen LogP contribution in [0, 0.1) is 0 Å². The van der Waals surface area contributed by atoms with Crippen LogP contribution in [0.15, 0.2) is 36.7 Å². The van der Waals surface area contributed by atoms with Crippen LogP contribution in [0.3, 0.4) is 0 Å². The van der Waals surface area contributed by atoms with Crippen LogP contribution in [0.5, 0.6) is 5.75 Å². The Labute approximate surface area is 113 Å². The van der Waals surface area contributed by atoms with Crippen LogP contribution in [0.4, 0.5) is 5.69 Å². The molecular formula is C13H19BrN2O. The van der Waals surface area contributed by atoms with Crippen molar-refractivity contribution in [2.75, 3.05) is 25.2 Å². The molecule has 4 heteroatoms. The van der Waals surface area contributed by atoms with Crippen LogP contribution in [0.25, 0.3) is 0 Å². The largest absolute Gasteiger partial charge is 0.497 e. The number of hydrogen-bond donors (Lipinski definition) is 0. The summed E-state index contributed by atoms with van der Waals surface area (Å²) in [5.74, 6) is 0.900. The topological polar surface area (TPSA) is 15.7 Å². The highest BCUT2D eigenvalue weighted by Gasteiger charge is 2.12. The van der Waals surface area contributed by atoms with Gasteiger partial charge in [0.2, 0.25) is 0 Å². The molecule has 17 heavy (non-hydrogen) atoms. The first-order valence-corrected chi connectivity index (χ1v) is 5.66. The third kappa shape index (κ3) is 3.40. The lowest BCUT2D eigenvalue weighted by Crippen LogP contribution is -2.25. The molecule has 0 atom stereocenters. The van der Waals surface area contributed by atoms with Crippen molar-refractivity contribution in [3.8, 4) is 5.75 Å². The summed E-state index contributed by atoms with van der Waals surface area (Å²) in [4.78, 5) is 4.54. The Bertz CT molecular complexity index is 364. The minimum absolute atomic E-state index is 0. The van der Waals surface area contributed by atoms with Crippen LogP contribution in [0.1, 0.15) is 13.3 Å². The zero-order valence-electron chi connectivity index (χ0n) is 10.3. The van der Waals surface area contributed by atoms with Gasteiger partial charge in [0.25, 0.3) is 0 Å². The minimum Gasteiger partial charge on any atom is -0.497 e. The van der Waals surface area contributed by atoms with E-state index in [1.165, 1.54) is 12.1 Å². The standard InChI is InChI=1S/C13H18N2O.BrH/c1-3-8-14-9-10-15(11-14)12-4-6-13(16-2)7-5-12;/h4-7,9-10H,3,8,11H2,1-2H3;1H. The van der Waals surface area contributed by atoms with Gasteiger partial charge in [-0.25, -0.2) is 0 Å². The average molecular weight is 299 g/mol. The lowest BCUT2D eigenvalue weighted by Gasteiger charge is -2.20. The van der Waals surface area contributed by atoms with Gasteiger partial charge in [0.15, 0.2) is 0 Å². The SMILES string of the molecule is Br.CCCN1C=CN(c2ccc(OC)cc2)C1. The van der Waals surface area contributed by atoms with E-state index in [-0.39, 0.29) is 17.0 Å². The molecule has 0 saturated carbocycles. The summed E-state index contributed by atoms with van der Waals surface area (Å²) in [5, 5.41) is 0. The molecule has 1 heterocycles. The fraction of sp³-hybridized carbons (Fsp3) is 0.385. The molecule has 3 nitrogen and oxygen atoms in total. The fourth-order valence-corrected chi connectivity index (χ4v) is 1.84. The van der Waals surface area contributed by atoms with E-state index in [0.717, 1.165) is 19.0 Å². The second-order valence-electron chi connectivity index (χ2n) is 3.92. The molecule has 1 aromatic carbocycles. The minimum atomic E-state index is 0. The highest BCUT2D eigenvalue weighted by molar-refractivity contribution is 8.93. The first kappa shape index (κ1) is 13.9. The normalized spacial score (nSPS) is 13.8. The van der Waals surface area contributed by atoms with E-state index in [4.69, 9.17) is 4.74 Å². The third-order valence-corrected chi connectivity index (χ3v) is 2.71. The predicted molar refractivity (Wildman–Crippen MR) is 76.8 cm³/mol. The quantitative estimate of drug-likeness (QED) is 0.849.